The average molecular weight is 512 g/mol. The highest BCUT2D eigenvalue weighted by Gasteiger charge is 2.46. The van der Waals surface area contributed by atoms with E-state index in [9.17, 15) is 13.2 Å². The van der Waals surface area contributed by atoms with Gasteiger partial charge in [-0.15, -0.1) is 0 Å². The maximum atomic E-state index is 14.8. The zero-order valence-electron chi connectivity index (χ0n) is 23.8. The molecule has 3 rings (SSSR count). The lowest BCUT2D eigenvalue weighted by atomic mass is 10.1. The first-order valence-corrected chi connectivity index (χ1v) is 13.2. The van der Waals surface area contributed by atoms with Gasteiger partial charge in [-0.3, -0.25) is 4.39 Å². The molecule has 0 aliphatic heterocycles. The van der Waals surface area contributed by atoms with Gasteiger partial charge in [0.15, 0.2) is 11.6 Å². The molecular formula is C29H48F3N3O. The van der Waals surface area contributed by atoms with Crippen LogP contribution in [0.2, 0.25) is 0 Å². The Morgan fingerprint density at radius 2 is 1.53 bits per heavy atom. The molecule has 0 atom stereocenters. The van der Waals surface area contributed by atoms with Crippen LogP contribution < -0.4 is 15.5 Å². The van der Waals surface area contributed by atoms with E-state index in [0.29, 0.717) is 18.6 Å². The number of anilines is 3. The van der Waals surface area contributed by atoms with Crippen LogP contribution in [0.3, 0.4) is 0 Å². The molecule has 0 heterocycles. The number of methoxy groups -OCH3 is 1. The molecule has 1 saturated carbocycles. The van der Waals surface area contributed by atoms with Gasteiger partial charge in [-0.05, 0) is 38.3 Å². The lowest BCUT2D eigenvalue weighted by Crippen LogP contribution is -2.38. The van der Waals surface area contributed by atoms with Crippen LogP contribution in [0.1, 0.15) is 85.1 Å². The number of alkyl halides is 1. The number of aryl methyl sites for hydroxylation is 1. The lowest BCUT2D eigenvalue weighted by molar-refractivity contribution is 0.245. The van der Waals surface area contributed by atoms with Crippen molar-refractivity contribution in [3.8, 4) is 5.75 Å². The Hall–Kier alpha value is -2.41. The molecule has 0 bridgehead atoms. The van der Waals surface area contributed by atoms with Crippen molar-refractivity contribution >= 4 is 17.1 Å². The van der Waals surface area contributed by atoms with Crippen molar-refractivity contribution < 1.29 is 17.9 Å². The summed E-state index contributed by atoms with van der Waals surface area (Å²) < 4.78 is 44.0. The second-order valence-corrected chi connectivity index (χ2v) is 8.32. The zero-order valence-corrected chi connectivity index (χ0v) is 23.8. The minimum atomic E-state index is -0.949. The van der Waals surface area contributed by atoms with Crippen molar-refractivity contribution in [2.24, 2.45) is 0 Å². The molecule has 0 unspecified atom stereocenters. The third-order valence-corrected chi connectivity index (χ3v) is 6.04. The second kappa shape index (κ2) is 17.9. The smallest absolute Gasteiger partial charge is 0.184 e. The molecule has 7 heteroatoms. The summed E-state index contributed by atoms with van der Waals surface area (Å²) in [4.78, 5) is 0. The average Bonchev–Trinajstić information content (AvgIpc) is 3.72. The maximum Gasteiger partial charge on any atom is 0.184 e. The number of rotatable bonds is 11. The number of unbranched alkanes of at least 4 members (excludes halogenated alkanes) is 3. The van der Waals surface area contributed by atoms with E-state index in [1.54, 1.807) is 0 Å². The normalized spacial score (nSPS) is 12.7. The Balaban J connectivity index is 0.00000190. The summed E-state index contributed by atoms with van der Waals surface area (Å²) >= 11 is 0. The molecule has 0 aromatic heterocycles. The summed E-state index contributed by atoms with van der Waals surface area (Å²) in [5.74, 6) is -1.62. The number of benzene rings is 2. The predicted octanol–water partition coefficient (Wildman–Crippen LogP) is 9.43. The summed E-state index contributed by atoms with van der Waals surface area (Å²) in [6.45, 7) is 12.2. The number of ether oxygens (including phenoxy) is 1. The van der Waals surface area contributed by atoms with Crippen molar-refractivity contribution in [2.45, 2.75) is 92.0 Å². The van der Waals surface area contributed by atoms with Gasteiger partial charge in [0, 0.05) is 24.3 Å². The molecule has 0 radical (unpaired) electrons. The molecule has 206 valence electrons. The second-order valence-electron chi connectivity index (χ2n) is 8.32. The predicted molar refractivity (Wildman–Crippen MR) is 149 cm³/mol. The van der Waals surface area contributed by atoms with Crippen LogP contribution in [0.15, 0.2) is 30.3 Å². The largest absolute Gasteiger partial charge is 0.494 e. The van der Waals surface area contributed by atoms with Crippen molar-refractivity contribution in [2.75, 3.05) is 32.1 Å². The molecule has 0 saturated heterocycles. The van der Waals surface area contributed by atoms with E-state index in [4.69, 9.17) is 4.74 Å². The highest BCUT2D eigenvalue weighted by atomic mass is 19.2. The highest BCUT2D eigenvalue weighted by molar-refractivity contribution is 5.80. The summed E-state index contributed by atoms with van der Waals surface area (Å²) in [6, 6.07) is 8.62. The molecule has 36 heavy (non-hydrogen) atoms. The molecule has 1 aliphatic rings. The van der Waals surface area contributed by atoms with Gasteiger partial charge in [0.05, 0.1) is 14.3 Å². The van der Waals surface area contributed by atoms with Crippen molar-refractivity contribution in [3.05, 3.63) is 47.5 Å². The van der Waals surface area contributed by atoms with Gasteiger partial charge in [0.25, 0.3) is 0 Å². The number of nitrogens with one attached hydrogen (secondary N) is 2. The SMILES string of the molecule is CC.CC.CCCCCCC1(N(C)Nc2c(OC)cc(F)c(F)c2Nc2ccc(C)cc2)CC1.CF. The fourth-order valence-corrected chi connectivity index (χ4v) is 3.84. The number of nitrogens with zero attached hydrogens (tertiary/aromatic N) is 1. The monoisotopic (exact) mass is 511 g/mol. The Labute approximate surface area is 217 Å². The first kappa shape index (κ1) is 33.6. The van der Waals surface area contributed by atoms with Crippen LogP contribution >= 0.6 is 0 Å². The molecular weight excluding hydrogens is 463 g/mol. The maximum absolute atomic E-state index is 14.8. The van der Waals surface area contributed by atoms with E-state index in [2.05, 4.69) is 22.7 Å². The standard InChI is InChI=1S/C24H33F2N3O.2C2H6.CH3F/c1-5-6-7-8-13-24(14-15-24)29(3)28-22-20(30-4)16-19(25)21(26)23(22)27-18-11-9-17(2)10-12-18;3*1-2/h9-12,16,27-28H,5-8,13-15H2,1-4H3;2*1-2H3;1H3. The van der Waals surface area contributed by atoms with Gasteiger partial charge >= 0.3 is 0 Å². The van der Waals surface area contributed by atoms with E-state index in [1.807, 2.05) is 65.9 Å². The molecule has 2 aromatic rings. The van der Waals surface area contributed by atoms with E-state index < -0.39 is 11.6 Å². The topological polar surface area (TPSA) is 36.5 Å². The minimum absolute atomic E-state index is 0.0457. The number of hydrogen-bond acceptors (Lipinski definition) is 4. The molecule has 1 fully saturated rings. The number of halogens is 3. The van der Waals surface area contributed by atoms with E-state index >= 15 is 0 Å². The van der Waals surface area contributed by atoms with Crippen LogP contribution in [0.5, 0.6) is 5.75 Å². The third kappa shape index (κ3) is 9.57. The summed E-state index contributed by atoms with van der Waals surface area (Å²) in [6.07, 6.45) is 8.12. The van der Waals surface area contributed by atoms with Gasteiger partial charge in [-0.25, -0.2) is 13.8 Å². The summed E-state index contributed by atoms with van der Waals surface area (Å²) in [5.41, 5.74) is 5.59. The number of hydrazine groups is 1. The fraction of sp³-hybridized carbons (Fsp3) is 0.586. The van der Waals surface area contributed by atoms with Gasteiger partial charge in [0.1, 0.15) is 17.1 Å². The molecule has 0 amide bonds. The van der Waals surface area contributed by atoms with Gasteiger partial charge < -0.3 is 15.5 Å². The lowest BCUT2D eigenvalue weighted by Gasteiger charge is -2.31. The zero-order chi connectivity index (χ0) is 27.7. The van der Waals surface area contributed by atoms with Crippen molar-refractivity contribution in [1.82, 2.24) is 5.01 Å². The Morgan fingerprint density at radius 1 is 0.944 bits per heavy atom. The highest BCUT2D eigenvalue weighted by Crippen LogP contribution is 2.47. The van der Waals surface area contributed by atoms with Crippen LogP contribution in [0, 0.1) is 18.6 Å². The molecule has 2 aromatic carbocycles. The van der Waals surface area contributed by atoms with Crippen LogP contribution in [0.4, 0.5) is 30.2 Å². The van der Waals surface area contributed by atoms with Gasteiger partial charge in [-0.1, -0.05) is 78.0 Å². The van der Waals surface area contributed by atoms with E-state index in [-0.39, 0.29) is 17.0 Å². The Kier molecular flexibility index (Phi) is 16.7. The molecule has 1 aliphatic carbocycles. The fourth-order valence-electron chi connectivity index (χ4n) is 3.84. The summed E-state index contributed by atoms with van der Waals surface area (Å²) in [7, 11) is 3.94. The van der Waals surface area contributed by atoms with Crippen LogP contribution in [-0.4, -0.2) is 31.9 Å². The van der Waals surface area contributed by atoms with Gasteiger partial charge in [0.2, 0.25) is 0 Å². The Bertz CT molecular complexity index is 856. The third-order valence-electron chi connectivity index (χ3n) is 6.04. The van der Waals surface area contributed by atoms with E-state index in [1.165, 1.54) is 32.8 Å². The summed E-state index contributed by atoms with van der Waals surface area (Å²) in [5, 5.41) is 5.09. The van der Waals surface area contributed by atoms with Crippen molar-refractivity contribution in [3.63, 3.8) is 0 Å². The van der Waals surface area contributed by atoms with Crippen LogP contribution in [0.25, 0.3) is 0 Å². The minimum Gasteiger partial charge on any atom is -0.494 e. The van der Waals surface area contributed by atoms with E-state index in [0.717, 1.165) is 30.9 Å². The first-order valence-electron chi connectivity index (χ1n) is 13.2. The molecule has 4 nitrogen and oxygen atoms in total. The Morgan fingerprint density at radius 3 is 2.03 bits per heavy atom. The molecule has 0 spiro atoms. The van der Waals surface area contributed by atoms with Gasteiger partial charge in [-0.2, -0.15) is 0 Å². The first-order chi connectivity index (χ1) is 17.4. The molecule has 2 N–H and O–H groups in total. The quantitative estimate of drug-likeness (QED) is 0.233. The van der Waals surface area contributed by atoms with Crippen molar-refractivity contribution in [1.29, 1.82) is 0 Å². The van der Waals surface area contributed by atoms with Crippen LogP contribution in [-0.2, 0) is 0 Å². The number of hydrogen-bond donors (Lipinski definition) is 2.